The summed E-state index contributed by atoms with van der Waals surface area (Å²) in [5.41, 5.74) is -0.00582. The van der Waals surface area contributed by atoms with E-state index in [0.717, 1.165) is 44.9 Å². The Morgan fingerprint density at radius 2 is 1.88 bits per heavy atom. The molecule has 0 bridgehead atoms. The van der Waals surface area contributed by atoms with Crippen LogP contribution < -0.4 is 0 Å². The number of Topliss-reactive ketones (excluding diaryl/α,β-unsaturated/α-hetero) is 2. The van der Waals surface area contributed by atoms with E-state index in [1.165, 1.54) is 6.42 Å². The van der Waals surface area contributed by atoms with E-state index >= 15 is 0 Å². The maximum atomic E-state index is 12.2. The van der Waals surface area contributed by atoms with Gasteiger partial charge in [-0.25, -0.2) is 0 Å². The number of carbonyl (C=O) groups excluding carboxylic acids is 2. The quantitative estimate of drug-likeness (QED) is 0.795. The molecule has 0 amide bonds. The molecule has 4 rings (SSSR count). The summed E-state index contributed by atoms with van der Waals surface area (Å²) >= 11 is 0. The highest BCUT2D eigenvalue weighted by Crippen LogP contribution is 2.67. The Morgan fingerprint density at radius 1 is 1.12 bits per heavy atom. The third-order valence-corrected chi connectivity index (χ3v) is 9.08. The molecule has 3 nitrogen and oxygen atoms in total. The fourth-order valence-electron chi connectivity index (χ4n) is 7.67. The number of aliphatic hydroxyl groups is 1. The molecule has 0 unspecified atom stereocenters. The van der Waals surface area contributed by atoms with Crippen molar-refractivity contribution >= 4 is 11.6 Å². The minimum absolute atomic E-state index is 0.0388. The average molecular weight is 332 g/mol. The van der Waals surface area contributed by atoms with Crippen molar-refractivity contribution in [3.8, 4) is 0 Å². The molecular formula is C21H32O3. The Bertz CT molecular complexity index is 569. The van der Waals surface area contributed by atoms with Gasteiger partial charge in [-0.3, -0.25) is 9.59 Å². The second-order valence-corrected chi connectivity index (χ2v) is 9.76. The summed E-state index contributed by atoms with van der Waals surface area (Å²) in [7, 11) is 0. The molecule has 0 spiro atoms. The summed E-state index contributed by atoms with van der Waals surface area (Å²) in [5, 5.41) is 11.1. The third kappa shape index (κ3) is 2.06. The molecule has 4 aliphatic rings. The fraction of sp³-hybridized carbons (Fsp3) is 0.905. The molecule has 4 aliphatic carbocycles. The predicted molar refractivity (Wildman–Crippen MR) is 92.3 cm³/mol. The van der Waals surface area contributed by atoms with Crippen LogP contribution in [-0.2, 0) is 9.59 Å². The molecule has 4 fully saturated rings. The van der Waals surface area contributed by atoms with Gasteiger partial charge in [0, 0.05) is 24.2 Å². The maximum absolute atomic E-state index is 12.2. The molecular weight excluding hydrogens is 300 g/mol. The minimum Gasteiger partial charge on any atom is -0.393 e. The highest BCUT2D eigenvalue weighted by molar-refractivity contribution is 5.80. The molecule has 134 valence electrons. The van der Waals surface area contributed by atoms with Crippen LogP contribution >= 0.6 is 0 Å². The first-order chi connectivity index (χ1) is 11.3. The van der Waals surface area contributed by atoms with Crippen molar-refractivity contribution in [3.63, 3.8) is 0 Å². The van der Waals surface area contributed by atoms with E-state index < -0.39 is 0 Å². The largest absolute Gasteiger partial charge is 0.393 e. The molecule has 8 atom stereocenters. The van der Waals surface area contributed by atoms with Gasteiger partial charge in [0.2, 0.25) is 0 Å². The van der Waals surface area contributed by atoms with Gasteiger partial charge in [-0.2, -0.15) is 0 Å². The van der Waals surface area contributed by atoms with Crippen molar-refractivity contribution in [2.45, 2.75) is 78.2 Å². The molecule has 0 radical (unpaired) electrons. The van der Waals surface area contributed by atoms with Gasteiger partial charge in [0.05, 0.1) is 6.10 Å². The summed E-state index contributed by atoms with van der Waals surface area (Å²) in [6.45, 7) is 6.30. The smallest absolute Gasteiger partial charge is 0.133 e. The highest BCUT2D eigenvalue weighted by Gasteiger charge is 2.63. The van der Waals surface area contributed by atoms with Crippen LogP contribution in [-0.4, -0.2) is 22.8 Å². The van der Waals surface area contributed by atoms with Gasteiger partial charge in [0.1, 0.15) is 11.6 Å². The summed E-state index contributed by atoms with van der Waals surface area (Å²) < 4.78 is 0. The molecule has 0 aromatic rings. The van der Waals surface area contributed by atoms with Crippen LogP contribution in [0.4, 0.5) is 0 Å². The lowest BCUT2D eigenvalue weighted by molar-refractivity contribution is -0.170. The second-order valence-electron chi connectivity index (χ2n) is 9.76. The normalized spacial score (nSPS) is 53.9. The number of rotatable bonds is 1. The Hall–Kier alpha value is -0.700. The molecule has 1 N–H and O–H groups in total. The standard InChI is InChI=1S/C21H32O3/c1-12(22)16-6-7-17-15-5-4-13-10-14(23)8-9-20(13,2)18(15)11-19(24)21(16,17)3/h13,15-19,24H,4-11H2,1-3H3/t13-,15+,16+,17-,18+,19+,20+,21-/m1/s1. The molecule has 0 saturated heterocycles. The van der Waals surface area contributed by atoms with Crippen molar-refractivity contribution < 1.29 is 14.7 Å². The van der Waals surface area contributed by atoms with E-state index in [1.54, 1.807) is 6.92 Å². The Balaban J connectivity index is 1.67. The van der Waals surface area contributed by atoms with Gasteiger partial charge in [-0.05, 0) is 74.5 Å². The number of hydrogen-bond donors (Lipinski definition) is 1. The molecule has 4 saturated carbocycles. The van der Waals surface area contributed by atoms with E-state index in [0.29, 0.717) is 29.5 Å². The molecule has 0 aromatic carbocycles. The van der Waals surface area contributed by atoms with E-state index in [-0.39, 0.29) is 28.6 Å². The lowest BCUT2D eigenvalue weighted by Gasteiger charge is -2.61. The zero-order valence-corrected chi connectivity index (χ0v) is 15.4. The lowest BCUT2D eigenvalue weighted by Crippen LogP contribution is -2.58. The number of carbonyl (C=O) groups is 2. The topological polar surface area (TPSA) is 54.4 Å². The lowest BCUT2D eigenvalue weighted by atomic mass is 9.44. The van der Waals surface area contributed by atoms with Crippen LogP contribution in [0.1, 0.15) is 72.1 Å². The third-order valence-electron chi connectivity index (χ3n) is 9.08. The zero-order valence-electron chi connectivity index (χ0n) is 15.4. The van der Waals surface area contributed by atoms with E-state index in [2.05, 4.69) is 13.8 Å². The number of aliphatic hydroxyl groups excluding tert-OH is 1. The second kappa shape index (κ2) is 5.40. The van der Waals surface area contributed by atoms with Gasteiger partial charge in [-0.15, -0.1) is 0 Å². The van der Waals surface area contributed by atoms with Gasteiger partial charge < -0.3 is 5.11 Å². The molecule has 0 heterocycles. The van der Waals surface area contributed by atoms with Crippen LogP contribution in [0.5, 0.6) is 0 Å². The Morgan fingerprint density at radius 3 is 2.58 bits per heavy atom. The first-order valence-electron chi connectivity index (χ1n) is 9.98. The SMILES string of the molecule is CC(=O)[C@@H]1CC[C@@H]2[C@@H]3CC[C@@H]4CC(=O)CC[C@]4(C)[C@H]3C[C@H](O)[C@@]21C. The summed E-state index contributed by atoms with van der Waals surface area (Å²) in [4.78, 5) is 24.1. The van der Waals surface area contributed by atoms with Crippen molar-refractivity contribution in [1.82, 2.24) is 0 Å². The first-order valence-corrected chi connectivity index (χ1v) is 9.98. The predicted octanol–water partition coefficient (Wildman–Crippen LogP) is 3.77. The summed E-state index contributed by atoms with van der Waals surface area (Å²) in [6, 6.07) is 0. The molecule has 24 heavy (non-hydrogen) atoms. The maximum Gasteiger partial charge on any atom is 0.133 e. The van der Waals surface area contributed by atoms with Crippen molar-refractivity contribution in [1.29, 1.82) is 0 Å². The fourth-order valence-corrected chi connectivity index (χ4v) is 7.67. The molecule has 0 aliphatic heterocycles. The highest BCUT2D eigenvalue weighted by atomic mass is 16.3. The number of hydrogen-bond acceptors (Lipinski definition) is 3. The first kappa shape index (κ1) is 16.8. The van der Waals surface area contributed by atoms with E-state index in [9.17, 15) is 14.7 Å². The van der Waals surface area contributed by atoms with Gasteiger partial charge >= 0.3 is 0 Å². The minimum atomic E-state index is -0.367. The van der Waals surface area contributed by atoms with E-state index in [4.69, 9.17) is 0 Å². The summed E-state index contributed by atoms with van der Waals surface area (Å²) in [5.74, 6) is 2.91. The monoisotopic (exact) mass is 332 g/mol. The van der Waals surface area contributed by atoms with E-state index in [1.807, 2.05) is 0 Å². The van der Waals surface area contributed by atoms with Crippen molar-refractivity contribution in [2.75, 3.05) is 0 Å². The molecule has 3 heteroatoms. The van der Waals surface area contributed by atoms with Crippen LogP contribution in [0.2, 0.25) is 0 Å². The van der Waals surface area contributed by atoms with Crippen LogP contribution in [0.25, 0.3) is 0 Å². The molecule has 0 aromatic heterocycles. The van der Waals surface area contributed by atoms with Gasteiger partial charge in [-0.1, -0.05) is 13.8 Å². The van der Waals surface area contributed by atoms with Crippen LogP contribution in [0.15, 0.2) is 0 Å². The number of fused-ring (bicyclic) bond motifs is 5. The zero-order chi connectivity index (χ0) is 17.3. The van der Waals surface area contributed by atoms with Crippen molar-refractivity contribution in [3.05, 3.63) is 0 Å². The van der Waals surface area contributed by atoms with Crippen LogP contribution in [0.3, 0.4) is 0 Å². The Kier molecular flexibility index (Phi) is 3.77. The number of ketones is 2. The van der Waals surface area contributed by atoms with Crippen LogP contribution in [0, 0.1) is 40.4 Å². The Labute approximate surface area is 145 Å². The van der Waals surface area contributed by atoms with Crippen molar-refractivity contribution in [2.24, 2.45) is 40.4 Å². The summed E-state index contributed by atoms with van der Waals surface area (Å²) in [6.07, 6.45) is 7.36. The van der Waals surface area contributed by atoms with Gasteiger partial charge in [0.15, 0.2) is 0 Å². The van der Waals surface area contributed by atoms with Gasteiger partial charge in [0.25, 0.3) is 0 Å². The average Bonchev–Trinajstić information content (AvgIpc) is 2.88.